The number of hydrogen-bond acceptors (Lipinski definition) is 4. The number of nitrogens with zero attached hydrogens (tertiary/aromatic N) is 2. The molecule has 0 saturated carbocycles. The summed E-state index contributed by atoms with van der Waals surface area (Å²) in [6.45, 7) is 15.1. The van der Waals surface area contributed by atoms with E-state index in [9.17, 15) is 9.59 Å². The fourth-order valence-corrected chi connectivity index (χ4v) is 6.43. The van der Waals surface area contributed by atoms with E-state index < -0.39 is 0 Å². The molecule has 3 rings (SSSR count). The Bertz CT molecular complexity index is 741. The van der Waals surface area contributed by atoms with Crippen LogP contribution >= 0.6 is 11.9 Å². The summed E-state index contributed by atoms with van der Waals surface area (Å²) in [5.74, 6) is 0.132. The topological polar surface area (TPSA) is 40.6 Å². The van der Waals surface area contributed by atoms with Gasteiger partial charge in [0.05, 0.1) is 5.92 Å². The van der Waals surface area contributed by atoms with E-state index in [1.807, 2.05) is 13.0 Å². The van der Waals surface area contributed by atoms with Gasteiger partial charge >= 0.3 is 0 Å². The van der Waals surface area contributed by atoms with Crippen molar-refractivity contribution in [2.45, 2.75) is 89.7 Å². The van der Waals surface area contributed by atoms with Crippen LogP contribution in [0.2, 0.25) is 0 Å². The van der Waals surface area contributed by atoms with E-state index in [1.165, 1.54) is 4.90 Å². The molecule has 160 valence electrons. The summed E-state index contributed by atoms with van der Waals surface area (Å²) < 4.78 is 2.46. The van der Waals surface area contributed by atoms with Gasteiger partial charge in [-0.25, -0.2) is 4.31 Å². The van der Waals surface area contributed by atoms with Gasteiger partial charge in [-0.3, -0.25) is 14.5 Å². The monoisotopic (exact) mass is 416 g/mol. The second-order valence-corrected chi connectivity index (χ2v) is 11.5. The molecule has 4 nitrogen and oxygen atoms in total. The molecule has 29 heavy (non-hydrogen) atoms. The third kappa shape index (κ3) is 4.41. The minimum Gasteiger partial charge on any atom is -0.279 e. The molecule has 0 radical (unpaired) electrons. The Hall–Kier alpha value is -1.33. The Labute approximate surface area is 180 Å². The molecule has 1 aromatic rings. The van der Waals surface area contributed by atoms with Gasteiger partial charge < -0.3 is 0 Å². The lowest BCUT2D eigenvalue weighted by molar-refractivity contribution is -0.145. The lowest BCUT2D eigenvalue weighted by Crippen LogP contribution is -2.62. The van der Waals surface area contributed by atoms with Crippen LogP contribution in [0.15, 0.2) is 35.2 Å². The van der Waals surface area contributed by atoms with E-state index >= 15 is 0 Å². The molecule has 2 aliphatic heterocycles. The molecular formula is C24H36N2O2S. The number of likely N-dealkylation sites (tertiary alicyclic amines) is 1. The van der Waals surface area contributed by atoms with Gasteiger partial charge in [0.1, 0.15) is 0 Å². The number of piperidine rings is 1. The van der Waals surface area contributed by atoms with Crippen molar-refractivity contribution in [2.24, 2.45) is 17.8 Å². The lowest BCUT2D eigenvalue weighted by Gasteiger charge is -2.55. The van der Waals surface area contributed by atoms with Gasteiger partial charge in [-0.1, -0.05) is 39.0 Å². The number of amides is 2. The van der Waals surface area contributed by atoms with Crippen LogP contribution in [0.25, 0.3) is 0 Å². The number of benzene rings is 1. The standard InChI is InChI=1S/C24H36N2O2S/c1-16(2)13-20-17(3)21(27)25(22(20)28)18-14-23(4,5)26(24(6,7)15-18)29-19-11-9-8-10-12-19/h8-12,16-18,20H,13-15H2,1-7H3. The highest BCUT2D eigenvalue weighted by atomic mass is 32.2. The fourth-order valence-electron chi connectivity index (χ4n) is 5.29. The molecule has 0 aromatic heterocycles. The largest absolute Gasteiger partial charge is 0.279 e. The van der Waals surface area contributed by atoms with Gasteiger partial charge in [0.15, 0.2) is 0 Å². The molecule has 2 fully saturated rings. The smallest absolute Gasteiger partial charge is 0.233 e. The van der Waals surface area contributed by atoms with E-state index in [-0.39, 0.29) is 40.8 Å². The SMILES string of the molecule is CC(C)CC1C(=O)N(C2CC(C)(C)N(Sc3ccccc3)C(C)(C)C2)C(=O)C1C. The predicted molar refractivity (Wildman–Crippen MR) is 119 cm³/mol. The Kier molecular flexibility index (Phi) is 6.22. The van der Waals surface area contributed by atoms with Gasteiger partial charge in [-0.15, -0.1) is 0 Å². The van der Waals surface area contributed by atoms with E-state index in [4.69, 9.17) is 0 Å². The van der Waals surface area contributed by atoms with Gasteiger partial charge in [-0.05, 0) is 77.0 Å². The zero-order valence-electron chi connectivity index (χ0n) is 18.9. The number of carbonyl (C=O) groups is 2. The van der Waals surface area contributed by atoms with Crippen molar-refractivity contribution in [3.63, 3.8) is 0 Å². The summed E-state index contributed by atoms with van der Waals surface area (Å²) in [5, 5.41) is 0. The second-order valence-electron chi connectivity index (χ2n) is 10.5. The molecule has 0 spiro atoms. The highest BCUT2D eigenvalue weighted by Crippen LogP contribution is 2.48. The summed E-state index contributed by atoms with van der Waals surface area (Å²) in [6, 6.07) is 10.4. The molecule has 2 heterocycles. The molecule has 0 bridgehead atoms. The van der Waals surface area contributed by atoms with Crippen LogP contribution < -0.4 is 0 Å². The second kappa shape index (κ2) is 8.07. The number of carbonyl (C=O) groups excluding carboxylic acids is 2. The van der Waals surface area contributed by atoms with Crippen LogP contribution in [0.5, 0.6) is 0 Å². The van der Waals surface area contributed by atoms with Crippen LogP contribution in [0, 0.1) is 17.8 Å². The minimum atomic E-state index is -0.201. The van der Waals surface area contributed by atoms with E-state index in [1.54, 1.807) is 16.8 Å². The number of imide groups is 1. The van der Waals surface area contributed by atoms with E-state index in [0.717, 1.165) is 19.3 Å². The average molecular weight is 417 g/mol. The van der Waals surface area contributed by atoms with Gasteiger partial charge in [0.25, 0.3) is 0 Å². The van der Waals surface area contributed by atoms with Crippen molar-refractivity contribution in [3.8, 4) is 0 Å². The first-order valence-corrected chi connectivity index (χ1v) is 11.6. The van der Waals surface area contributed by atoms with Gasteiger partial charge in [0, 0.05) is 27.9 Å². The highest BCUT2D eigenvalue weighted by Gasteiger charge is 2.54. The number of hydrogen-bond donors (Lipinski definition) is 0. The van der Waals surface area contributed by atoms with Crippen LogP contribution in [0.4, 0.5) is 0 Å². The van der Waals surface area contributed by atoms with Crippen molar-refractivity contribution in [3.05, 3.63) is 30.3 Å². The van der Waals surface area contributed by atoms with Crippen LogP contribution in [0.3, 0.4) is 0 Å². The maximum Gasteiger partial charge on any atom is 0.233 e. The highest BCUT2D eigenvalue weighted by molar-refractivity contribution is 7.97. The Morgan fingerprint density at radius 1 is 1.00 bits per heavy atom. The molecule has 2 amide bonds. The summed E-state index contributed by atoms with van der Waals surface area (Å²) >= 11 is 1.78. The molecule has 0 N–H and O–H groups in total. The van der Waals surface area contributed by atoms with Crippen molar-refractivity contribution in [2.75, 3.05) is 0 Å². The third-order valence-corrected chi connectivity index (χ3v) is 8.04. The zero-order valence-corrected chi connectivity index (χ0v) is 19.8. The minimum absolute atomic E-state index is 0.0291. The molecule has 2 unspecified atom stereocenters. The first kappa shape index (κ1) is 22.4. The Balaban J connectivity index is 1.83. The number of rotatable bonds is 5. The average Bonchev–Trinajstić information content (AvgIpc) is 2.81. The lowest BCUT2D eigenvalue weighted by atomic mass is 9.79. The van der Waals surface area contributed by atoms with Crippen molar-refractivity contribution >= 4 is 23.8 Å². The summed E-state index contributed by atoms with van der Waals surface area (Å²) in [5.41, 5.74) is -0.292. The summed E-state index contributed by atoms with van der Waals surface area (Å²) in [4.78, 5) is 29.2. The van der Waals surface area contributed by atoms with Crippen molar-refractivity contribution in [1.29, 1.82) is 0 Å². The van der Waals surface area contributed by atoms with Gasteiger partial charge in [-0.2, -0.15) is 0 Å². The molecule has 2 atom stereocenters. The maximum absolute atomic E-state index is 13.2. The molecular weight excluding hydrogens is 380 g/mol. The predicted octanol–water partition coefficient (Wildman–Crippen LogP) is 5.38. The van der Waals surface area contributed by atoms with Gasteiger partial charge in [0.2, 0.25) is 11.8 Å². The third-order valence-electron chi connectivity index (χ3n) is 6.39. The van der Waals surface area contributed by atoms with Crippen LogP contribution in [-0.2, 0) is 9.59 Å². The molecule has 0 aliphatic carbocycles. The Morgan fingerprint density at radius 2 is 1.55 bits per heavy atom. The summed E-state index contributed by atoms with van der Waals surface area (Å²) in [7, 11) is 0. The molecule has 1 aromatic carbocycles. The maximum atomic E-state index is 13.2. The van der Waals surface area contributed by atoms with E-state index in [2.05, 4.69) is 70.1 Å². The van der Waals surface area contributed by atoms with Crippen molar-refractivity contribution in [1.82, 2.24) is 9.21 Å². The first-order valence-electron chi connectivity index (χ1n) is 10.8. The zero-order chi connectivity index (χ0) is 21.6. The van der Waals surface area contributed by atoms with E-state index in [0.29, 0.717) is 5.92 Å². The normalized spacial score (nSPS) is 27.8. The van der Waals surface area contributed by atoms with Crippen LogP contribution in [0.1, 0.15) is 67.7 Å². The molecule has 2 saturated heterocycles. The van der Waals surface area contributed by atoms with Crippen LogP contribution in [-0.4, -0.2) is 38.1 Å². The quantitative estimate of drug-likeness (QED) is 0.477. The first-order chi connectivity index (χ1) is 13.4. The Morgan fingerprint density at radius 3 is 2.07 bits per heavy atom. The fraction of sp³-hybridized carbons (Fsp3) is 0.667. The molecule has 2 aliphatic rings. The molecule has 5 heteroatoms. The van der Waals surface area contributed by atoms with Crippen molar-refractivity contribution < 1.29 is 9.59 Å². The summed E-state index contributed by atoms with van der Waals surface area (Å²) in [6.07, 6.45) is 2.39.